The fourth-order valence-corrected chi connectivity index (χ4v) is 2.43. The molecule has 24 heavy (non-hydrogen) atoms. The Hall–Kier alpha value is -2.74. The van der Waals surface area contributed by atoms with Crippen molar-refractivity contribution in [2.24, 2.45) is 7.05 Å². The molecule has 2 heterocycles. The Kier molecular flexibility index (Phi) is 4.30. The second-order valence-corrected chi connectivity index (χ2v) is 5.84. The molecule has 0 radical (unpaired) electrons. The van der Waals surface area contributed by atoms with Gasteiger partial charge in [-0.2, -0.15) is 10.1 Å². The van der Waals surface area contributed by atoms with Crippen LogP contribution < -0.4 is 11.1 Å². The number of hydrogen-bond acceptors (Lipinski definition) is 6. The molecule has 1 aromatic carbocycles. The summed E-state index contributed by atoms with van der Waals surface area (Å²) < 4.78 is 15.2. The summed E-state index contributed by atoms with van der Waals surface area (Å²) in [4.78, 5) is 11.0. The number of nitrogens with two attached hydrogens (primary N) is 1. The first-order valence-electron chi connectivity index (χ1n) is 7.60. The smallest absolute Gasteiger partial charge is 0.225 e. The van der Waals surface area contributed by atoms with Crippen LogP contribution in [-0.4, -0.2) is 51.8 Å². The van der Waals surface area contributed by atoms with E-state index >= 15 is 0 Å². The minimum absolute atomic E-state index is 0.330. The van der Waals surface area contributed by atoms with Crippen molar-refractivity contribution >= 4 is 22.8 Å². The lowest BCUT2D eigenvalue weighted by atomic mass is 10.1. The van der Waals surface area contributed by atoms with Crippen LogP contribution >= 0.6 is 0 Å². The van der Waals surface area contributed by atoms with Gasteiger partial charge in [-0.15, -0.1) is 0 Å². The fraction of sp³-hybridized carbons (Fsp3) is 0.312. The number of anilines is 2. The first-order chi connectivity index (χ1) is 11.5. The number of benzene rings is 1. The molecule has 8 heteroatoms. The number of likely N-dealkylation sites (N-methyl/N-ethyl adjacent to an activating group) is 1. The molecule has 3 rings (SSSR count). The maximum absolute atomic E-state index is 13.6. The van der Waals surface area contributed by atoms with Crippen LogP contribution in [0.3, 0.4) is 0 Å². The first-order valence-corrected chi connectivity index (χ1v) is 7.60. The number of aryl methyl sites for hydroxylation is 1. The third kappa shape index (κ3) is 3.13. The van der Waals surface area contributed by atoms with Gasteiger partial charge >= 0.3 is 0 Å². The molecule has 3 aromatic rings. The van der Waals surface area contributed by atoms with Crippen LogP contribution in [0.2, 0.25) is 0 Å². The summed E-state index contributed by atoms with van der Waals surface area (Å²) in [5.41, 5.74) is 7.79. The Morgan fingerprint density at radius 2 is 2.08 bits per heavy atom. The molecule has 0 amide bonds. The molecule has 2 aromatic heterocycles. The van der Waals surface area contributed by atoms with E-state index in [0.717, 1.165) is 6.54 Å². The SMILES string of the molecule is CN(C)CCNc1nc(-c2cccc(F)c2)c2c(N)n(C)nc2n1. The summed E-state index contributed by atoms with van der Waals surface area (Å²) in [6.45, 7) is 1.52. The van der Waals surface area contributed by atoms with Gasteiger partial charge in [0.1, 0.15) is 11.6 Å². The number of fused-ring (bicyclic) bond motifs is 1. The highest BCUT2D eigenvalue weighted by atomic mass is 19.1. The van der Waals surface area contributed by atoms with Crippen molar-refractivity contribution in [1.82, 2.24) is 24.6 Å². The second-order valence-electron chi connectivity index (χ2n) is 5.84. The number of hydrogen-bond donors (Lipinski definition) is 2. The Bertz CT molecular complexity index is 872. The predicted octanol–water partition coefficient (Wildman–Crippen LogP) is 1.73. The number of nitrogen functional groups attached to an aromatic ring is 1. The van der Waals surface area contributed by atoms with Gasteiger partial charge in [-0.25, -0.2) is 9.37 Å². The zero-order valence-corrected chi connectivity index (χ0v) is 13.9. The van der Waals surface area contributed by atoms with Crippen LogP contribution in [0.4, 0.5) is 16.2 Å². The highest BCUT2D eigenvalue weighted by molar-refractivity contribution is 5.98. The van der Waals surface area contributed by atoms with Gasteiger partial charge in [-0.05, 0) is 26.2 Å². The highest BCUT2D eigenvalue weighted by Crippen LogP contribution is 2.31. The molecule has 0 unspecified atom stereocenters. The monoisotopic (exact) mass is 329 g/mol. The maximum Gasteiger partial charge on any atom is 0.225 e. The largest absolute Gasteiger partial charge is 0.383 e. The van der Waals surface area contributed by atoms with Crippen LogP contribution in [0.25, 0.3) is 22.3 Å². The molecule has 0 bridgehead atoms. The zero-order chi connectivity index (χ0) is 17.3. The average Bonchev–Trinajstić information content (AvgIpc) is 2.81. The Morgan fingerprint density at radius 1 is 1.29 bits per heavy atom. The normalized spacial score (nSPS) is 11.4. The van der Waals surface area contributed by atoms with Crippen molar-refractivity contribution in [3.63, 3.8) is 0 Å². The molecule has 126 valence electrons. The number of aromatic nitrogens is 4. The van der Waals surface area contributed by atoms with E-state index in [4.69, 9.17) is 5.73 Å². The summed E-state index contributed by atoms with van der Waals surface area (Å²) in [6.07, 6.45) is 0. The molecule has 7 nitrogen and oxygen atoms in total. The minimum Gasteiger partial charge on any atom is -0.383 e. The second kappa shape index (κ2) is 6.40. The quantitative estimate of drug-likeness (QED) is 0.741. The van der Waals surface area contributed by atoms with Gasteiger partial charge in [0.15, 0.2) is 5.65 Å². The summed E-state index contributed by atoms with van der Waals surface area (Å²) in [6, 6.07) is 6.26. The van der Waals surface area contributed by atoms with Crippen LogP contribution in [-0.2, 0) is 7.05 Å². The maximum atomic E-state index is 13.6. The van der Waals surface area contributed by atoms with Crippen LogP contribution in [0.15, 0.2) is 24.3 Å². The van der Waals surface area contributed by atoms with Crippen molar-refractivity contribution in [3.05, 3.63) is 30.1 Å². The first kappa shape index (κ1) is 16.1. The van der Waals surface area contributed by atoms with Gasteiger partial charge in [0.05, 0.1) is 11.1 Å². The van der Waals surface area contributed by atoms with Gasteiger partial charge in [0.2, 0.25) is 5.95 Å². The Balaban J connectivity index is 2.10. The average molecular weight is 329 g/mol. The topological polar surface area (TPSA) is 84.9 Å². The molecular formula is C16H20FN7. The van der Waals surface area contributed by atoms with E-state index in [2.05, 4.69) is 25.3 Å². The van der Waals surface area contributed by atoms with Crippen molar-refractivity contribution in [2.45, 2.75) is 0 Å². The van der Waals surface area contributed by atoms with Crippen LogP contribution in [0.1, 0.15) is 0 Å². The summed E-state index contributed by atoms with van der Waals surface area (Å²) in [5.74, 6) is 0.564. The minimum atomic E-state index is -0.330. The van der Waals surface area contributed by atoms with Gasteiger partial charge in [0.25, 0.3) is 0 Å². The highest BCUT2D eigenvalue weighted by Gasteiger charge is 2.17. The van der Waals surface area contributed by atoms with Gasteiger partial charge in [-0.1, -0.05) is 12.1 Å². The van der Waals surface area contributed by atoms with Crippen LogP contribution in [0.5, 0.6) is 0 Å². The van der Waals surface area contributed by atoms with E-state index in [-0.39, 0.29) is 5.82 Å². The molecule has 0 saturated carbocycles. The molecule has 0 saturated heterocycles. The molecule has 3 N–H and O–H groups in total. The Morgan fingerprint density at radius 3 is 2.79 bits per heavy atom. The van der Waals surface area contributed by atoms with Gasteiger partial charge < -0.3 is 16.0 Å². The summed E-state index contributed by atoms with van der Waals surface area (Å²) in [7, 11) is 5.72. The molecular weight excluding hydrogens is 309 g/mol. The summed E-state index contributed by atoms with van der Waals surface area (Å²) in [5, 5.41) is 8.12. The summed E-state index contributed by atoms with van der Waals surface area (Å²) >= 11 is 0. The van der Waals surface area contributed by atoms with Crippen molar-refractivity contribution < 1.29 is 4.39 Å². The van der Waals surface area contributed by atoms with Crippen molar-refractivity contribution in [3.8, 4) is 11.3 Å². The number of nitrogens with zero attached hydrogens (tertiary/aromatic N) is 5. The van der Waals surface area contributed by atoms with Crippen molar-refractivity contribution in [1.29, 1.82) is 0 Å². The van der Waals surface area contributed by atoms with Crippen LogP contribution in [0, 0.1) is 5.82 Å². The van der Waals surface area contributed by atoms with Gasteiger partial charge in [0, 0.05) is 25.7 Å². The lowest BCUT2D eigenvalue weighted by Crippen LogP contribution is -2.21. The molecule has 0 spiro atoms. The Labute approximate surface area is 139 Å². The lowest BCUT2D eigenvalue weighted by Gasteiger charge is -2.11. The number of rotatable bonds is 5. The van der Waals surface area contributed by atoms with E-state index < -0.39 is 0 Å². The molecule has 0 aliphatic carbocycles. The third-order valence-electron chi connectivity index (χ3n) is 3.68. The van der Waals surface area contributed by atoms with E-state index in [0.29, 0.717) is 40.6 Å². The fourth-order valence-electron chi connectivity index (χ4n) is 2.43. The molecule has 0 aliphatic rings. The molecule has 0 aliphatic heterocycles. The van der Waals surface area contributed by atoms with Gasteiger partial charge in [-0.3, -0.25) is 4.68 Å². The predicted molar refractivity (Wildman–Crippen MR) is 93.2 cm³/mol. The number of nitrogens with one attached hydrogen (secondary N) is 1. The molecule has 0 atom stereocenters. The van der Waals surface area contributed by atoms with E-state index in [1.807, 2.05) is 14.1 Å². The van der Waals surface area contributed by atoms with E-state index in [9.17, 15) is 4.39 Å². The molecule has 0 fully saturated rings. The zero-order valence-electron chi connectivity index (χ0n) is 13.9. The van der Waals surface area contributed by atoms with Crippen molar-refractivity contribution in [2.75, 3.05) is 38.2 Å². The number of halogens is 1. The lowest BCUT2D eigenvalue weighted by molar-refractivity contribution is 0.425. The third-order valence-corrected chi connectivity index (χ3v) is 3.68. The standard InChI is InChI=1S/C16H20FN7/c1-23(2)8-7-19-16-20-13(10-5-4-6-11(17)9-10)12-14(18)24(3)22-15(12)21-16/h4-6,9H,7-8,18H2,1-3H3,(H,19,21,22). The van der Waals surface area contributed by atoms with E-state index in [1.165, 1.54) is 12.1 Å². The van der Waals surface area contributed by atoms with E-state index in [1.54, 1.807) is 23.9 Å².